The van der Waals surface area contributed by atoms with E-state index in [1.54, 1.807) is 6.07 Å². The molecule has 1 saturated heterocycles. The lowest BCUT2D eigenvalue weighted by molar-refractivity contribution is -0.115. The van der Waals surface area contributed by atoms with Crippen LogP contribution in [0.1, 0.15) is 6.42 Å². The second kappa shape index (κ2) is 6.73. The molecule has 1 aliphatic heterocycles. The Morgan fingerprint density at radius 3 is 2.64 bits per heavy atom. The molecule has 1 heterocycles. The lowest BCUT2D eigenvalue weighted by Crippen LogP contribution is -2.45. The average Bonchev–Trinajstić information content (AvgIpc) is 2.78. The summed E-state index contributed by atoms with van der Waals surface area (Å²) in [5.74, 6) is -1.20. The molecule has 0 radical (unpaired) electrons. The van der Waals surface area contributed by atoms with Crippen LogP contribution in [0, 0.1) is 5.82 Å². The zero-order valence-corrected chi connectivity index (χ0v) is 12.5. The number of benzene rings is 1. The number of carbonyl (C=O) groups excluding carboxylic acids is 2. The first kappa shape index (κ1) is 16.2. The fraction of sp³-hybridized carbons (Fsp3) is 0.385. The topological polar surface area (TPSA) is 104 Å². The monoisotopic (exact) mass is 329 g/mol. The number of amides is 3. The van der Waals surface area contributed by atoms with Gasteiger partial charge < -0.3 is 16.0 Å². The molecular weight excluding hydrogens is 313 g/mol. The van der Waals surface area contributed by atoms with Crippen LogP contribution in [0.2, 0.25) is 0 Å². The highest BCUT2D eigenvalue weighted by molar-refractivity contribution is 7.91. The molecular formula is C13H16FN3O4S. The van der Waals surface area contributed by atoms with Gasteiger partial charge in [-0.25, -0.2) is 17.6 Å². The minimum Gasteiger partial charge on any atom is -0.334 e. The first-order valence-electron chi connectivity index (χ1n) is 6.65. The Morgan fingerprint density at radius 1 is 1.27 bits per heavy atom. The minimum absolute atomic E-state index is 0.0246. The van der Waals surface area contributed by atoms with Gasteiger partial charge in [-0.2, -0.15) is 0 Å². The number of sulfone groups is 1. The maximum atomic E-state index is 13.3. The van der Waals surface area contributed by atoms with Crippen molar-refractivity contribution in [2.45, 2.75) is 12.5 Å². The summed E-state index contributed by atoms with van der Waals surface area (Å²) in [6.45, 7) is -0.348. The predicted molar refractivity (Wildman–Crippen MR) is 78.6 cm³/mol. The summed E-state index contributed by atoms with van der Waals surface area (Å²) in [4.78, 5) is 23.2. The second-order valence-electron chi connectivity index (χ2n) is 4.95. The summed E-state index contributed by atoms with van der Waals surface area (Å²) in [6, 6.07) is 4.59. The lowest BCUT2D eigenvalue weighted by Gasteiger charge is -2.12. The van der Waals surface area contributed by atoms with Gasteiger partial charge in [0.25, 0.3) is 0 Å². The van der Waals surface area contributed by atoms with E-state index in [0.29, 0.717) is 6.42 Å². The van der Waals surface area contributed by atoms with Crippen LogP contribution < -0.4 is 16.0 Å². The first-order chi connectivity index (χ1) is 10.4. The molecule has 7 nitrogen and oxygen atoms in total. The number of para-hydroxylation sites is 1. The Balaban J connectivity index is 1.74. The van der Waals surface area contributed by atoms with Crippen molar-refractivity contribution in [3.8, 4) is 0 Å². The van der Waals surface area contributed by atoms with E-state index in [9.17, 15) is 22.4 Å². The molecule has 1 fully saturated rings. The van der Waals surface area contributed by atoms with Crippen molar-refractivity contribution in [1.82, 2.24) is 10.6 Å². The Kier molecular flexibility index (Phi) is 4.96. The van der Waals surface area contributed by atoms with E-state index in [-0.39, 0.29) is 23.7 Å². The standard InChI is InChI=1S/C13H16FN3O4S/c14-10-3-1-2-4-11(10)17-12(18)7-15-13(19)16-9-5-6-22(20,21)8-9/h1-4,9H,5-8H2,(H,17,18)(H2,15,16,19). The van der Waals surface area contributed by atoms with Gasteiger partial charge in [-0.15, -0.1) is 0 Å². The normalized spacial score (nSPS) is 19.4. The highest BCUT2D eigenvalue weighted by Crippen LogP contribution is 2.12. The fourth-order valence-corrected chi connectivity index (χ4v) is 3.74. The Bertz CT molecular complexity index is 678. The molecule has 9 heteroatoms. The van der Waals surface area contributed by atoms with Crippen LogP contribution in [-0.4, -0.2) is 44.4 Å². The quantitative estimate of drug-likeness (QED) is 0.736. The fourth-order valence-electron chi connectivity index (χ4n) is 2.06. The number of carbonyl (C=O) groups is 2. The van der Waals surface area contributed by atoms with Gasteiger partial charge in [-0.3, -0.25) is 4.79 Å². The van der Waals surface area contributed by atoms with E-state index in [1.807, 2.05) is 0 Å². The maximum Gasteiger partial charge on any atom is 0.315 e. The Labute approximate surface area is 127 Å². The molecule has 1 aliphatic rings. The molecule has 1 atom stereocenters. The molecule has 1 aromatic carbocycles. The zero-order valence-electron chi connectivity index (χ0n) is 11.6. The van der Waals surface area contributed by atoms with E-state index >= 15 is 0 Å². The van der Waals surface area contributed by atoms with Crippen LogP contribution in [0.5, 0.6) is 0 Å². The molecule has 0 aromatic heterocycles. The Morgan fingerprint density at radius 2 is 2.00 bits per heavy atom. The van der Waals surface area contributed by atoms with Crippen molar-refractivity contribution >= 4 is 27.5 Å². The van der Waals surface area contributed by atoms with Crippen LogP contribution in [0.3, 0.4) is 0 Å². The SMILES string of the molecule is O=C(CNC(=O)NC1CCS(=O)(=O)C1)Nc1ccccc1F. The molecule has 3 amide bonds. The lowest BCUT2D eigenvalue weighted by atomic mass is 10.3. The third kappa shape index (κ3) is 4.69. The highest BCUT2D eigenvalue weighted by Gasteiger charge is 2.28. The van der Waals surface area contributed by atoms with Crippen LogP contribution >= 0.6 is 0 Å². The van der Waals surface area contributed by atoms with Gasteiger partial charge >= 0.3 is 6.03 Å². The molecule has 2 rings (SSSR count). The van der Waals surface area contributed by atoms with E-state index < -0.39 is 33.6 Å². The second-order valence-corrected chi connectivity index (χ2v) is 7.18. The van der Waals surface area contributed by atoms with Crippen molar-refractivity contribution < 1.29 is 22.4 Å². The third-order valence-corrected chi connectivity index (χ3v) is 4.89. The first-order valence-corrected chi connectivity index (χ1v) is 8.47. The summed E-state index contributed by atoms with van der Waals surface area (Å²) in [5.41, 5.74) is 0.0246. The smallest absolute Gasteiger partial charge is 0.315 e. The van der Waals surface area contributed by atoms with E-state index in [2.05, 4.69) is 16.0 Å². The zero-order chi connectivity index (χ0) is 16.2. The van der Waals surface area contributed by atoms with Crippen molar-refractivity contribution in [3.63, 3.8) is 0 Å². The number of anilines is 1. The van der Waals surface area contributed by atoms with Gasteiger partial charge in [-0.1, -0.05) is 12.1 Å². The molecule has 1 aromatic rings. The average molecular weight is 329 g/mol. The van der Waals surface area contributed by atoms with Crippen LogP contribution in [0.4, 0.5) is 14.9 Å². The third-order valence-electron chi connectivity index (χ3n) is 3.13. The van der Waals surface area contributed by atoms with Crippen molar-refractivity contribution in [2.75, 3.05) is 23.4 Å². The van der Waals surface area contributed by atoms with Crippen LogP contribution in [0.25, 0.3) is 0 Å². The minimum atomic E-state index is -3.08. The van der Waals surface area contributed by atoms with Crippen molar-refractivity contribution in [2.24, 2.45) is 0 Å². The molecule has 0 bridgehead atoms. The molecule has 0 aliphatic carbocycles. The molecule has 0 spiro atoms. The number of hydrogen-bond donors (Lipinski definition) is 3. The molecule has 22 heavy (non-hydrogen) atoms. The summed E-state index contributed by atoms with van der Waals surface area (Å²) in [5, 5.41) is 7.10. The highest BCUT2D eigenvalue weighted by atomic mass is 32.2. The number of urea groups is 1. The number of hydrogen-bond acceptors (Lipinski definition) is 4. The molecule has 3 N–H and O–H groups in total. The van der Waals surface area contributed by atoms with Gasteiger partial charge in [0, 0.05) is 6.04 Å². The number of halogens is 1. The van der Waals surface area contributed by atoms with Gasteiger partial charge in [0.15, 0.2) is 9.84 Å². The molecule has 0 saturated carbocycles. The molecule has 1 unspecified atom stereocenters. The predicted octanol–water partition coefficient (Wildman–Crippen LogP) is 0.251. The summed E-state index contributed by atoms with van der Waals surface area (Å²) in [7, 11) is -3.08. The van der Waals surface area contributed by atoms with Gasteiger partial charge in [0.2, 0.25) is 5.91 Å². The van der Waals surface area contributed by atoms with Crippen LogP contribution in [-0.2, 0) is 14.6 Å². The van der Waals surface area contributed by atoms with E-state index in [1.165, 1.54) is 18.2 Å². The van der Waals surface area contributed by atoms with E-state index in [4.69, 9.17) is 0 Å². The number of nitrogens with one attached hydrogen (secondary N) is 3. The summed E-state index contributed by atoms with van der Waals surface area (Å²) < 4.78 is 35.8. The van der Waals surface area contributed by atoms with Gasteiger partial charge in [0.05, 0.1) is 23.7 Å². The summed E-state index contributed by atoms with van der Waals surface area (Å²) >= 11 is 0. The van der Waals surface area contributed by atoms with Crippen molar-refractivity contribution in [1.29, 1.82) is 0 Å². The largest absolute Gasteiger partial charge is 0.334 e. The van der Waals surface area contributed by atoms with Gasteiger partial charge in [-0.05, 0) is 18.6 Å². The van der Waals surface area contributed by atoms with Crippen LogP contribution in [0.15, 0.2) is 24.3 Å². The Hall–Kier alpha value is -2.16. The maximum absolute atomic E-state index is 13.3. The molecule has 120 valence electrons. The van der Waals surface area contributed by atoms with Gasteiger partial charge in [0.1, 0.15) is 5.82 Å². The number of rotatable bonds is 4. The summed E-state index contributed by atoms with van der Waals surface area (Å²) in [6.07, 6.45) is 0.358. The van der Waals surface area contributed by atoms with Crippen molar-refractivity contribution in [3.05, 3.63) is 30.1 Å². The van der Waals surface area contributed by atoms with E-state index in [0.717, 1.165) is 0 Å².